The van der Waals surface area contributed by atoms with Crippen LogP contribution in [0.5, 0.6) is 0 Å². The van der Waals surface area contributed by atoms with Crippen LogP contribution in [-0.2, 0) is 9.09 Å². The Morgan fingerprint density at radius 3 is 2.50 bits per heavy atom. The minimum Gasteiger partial charge on any atom is -0.430 e. The highest BCUT2D eigenvalue weighted by Gasteiger charge is 2.20. The van der Waals surface area contributed by atoms with Crippen LogP contribution in [0.3, 0.4) is 0 Å². The van der Waals surface area contributed by atoms with Gasteiger partial charge in [-0.05, 0) is 12.1 Å². The molecule has 1 aromatic rings. The first-order valence-electron chi connectivity index (χ1n) is 3.34. The molecule has 1 aromatic carbocycles. The zero-order chi connectivity index (χ0) is 9.03. The fourth-order valence-electron chi connectivity index (χ4n) is 0.778. The van der Waals surface area contributed by atoms with Gasteiger partial charge in [0.15, 0.2) is 0 Å². The molecule has 0 fully saturated rings. The van der Waals surface area contributed by atoms with Crippen molar-refractivity contribution in [2.45, 2.75) is 0 Å². The maximum Gasteiger partial charge on any atom is 0.407 e. The van der Waals surface area contributed by atoms with Crippen LogP contribution in [0.2, 0.25) is 0 Å². The van der Waals surface area contributed by atoms with Crippen molar-refractivity contribution in [1.29, 1.82) is 0 Å². The monoisotopic (exact) mass is 184 g/mol. The van der Waals surface area contributed by atoms with Gasteiger partial charge in [0.25, 0.3) is 0 Å². The molecular formula is C8H9O3P. The average Bonchev–Trinajstić information content (AvgIpc) is 2.06. The van der Waals surface area contributed by atoms with Crippen LogP contribution in [0, 0.1) is 0 Å². The van der Waals surface area contributed by atoms with E-state index >= 15 is 0 Å². The number of hydrogen-bond acceptors (Lipinski definition) is 2. The van der Waals surface area contributed by atoms with E-state index in [-0.39, 0.29) is 5.30 Å². The van der Waals surface area contributed by atoms with E-state index in [1.165, 1.54) is 12.1 Å². The molecule has 0 heterocycles. The van der Waals surface area contributed by atoms with Crippen LogP contribution >= 0.6 is 7.60 Å². The van der Waals surface area contributed by atoms with E-state index in [2.05, 4.69) is 11.1 Å². The average molecular weight is 184 g/mol. The molecule has 0 saturated carbocycles. The van der Waals surface area contributed by atoms with Gasteiger partial charge in [0.1, 0.15) is 0 Å². The summed E-state index contributed by atoms with van der Waals surface area (Å²) in [6.07, 6.45) is 0.966. The summed E-state index contributed by atoms with van der Waals surface area (Å²) < 4.78 is 15.8. The maximum atomic E-state index is 11.3. The van der Waals surface area contributed by atoms with Gasteiger partial charge in [0, 0.05) is 0 Å². The number of benzene rings is 1. The first-order chi connectivity index (χ1) is 5.67. The van der Waals surface area contributed by atoms with Crippen molar-refractivity contribution in [3.05, 3.63) is 43.2 Å². The molecule has 0 aliphatic heterocycles. The summed E-state index contributed by atoms with van der Waals surface area (Å²) in [5.41, 5.74) is 0. The minimum absolute atomic E-state index is 0.268. The van der Waals surface area contributed by atoms with Crippen LogP contribution in [0.25, 0.3) is 0 Å². The van der Waals surface area contributed by atoms with E-state index in [0.29, 0.717) is 0 Å². The van der Waals surface area contributed by atoms with Gasteiger partial charge in [-0.1, -0.05) is 24.8 Å². The van der Waals surface area contributed by atoms with E-state index < -0.39 is 7.60 Å². The molecule has 1 unspecified atom stereocenters. The van der Waals surface area contributed by atoms with Crippen molar-refractivity contribution >= 4 is 12.9 Å². The Balaban J connectivity index is 2.98. The van der Waals surface area contributed by atoms with Crippen molar-refractivity contribution < 1.29 is 14.0 Å². The Morgan fingerprint density at radius 2 is 2.00 bits per heavy atom. The van der Waals surface area contributed by atoms with Crippen molar-refractivity contribution in [1.82, 2.24) is 0 Å². The van der Waals surface area contributed by atoms with E-state index in [9.17, 15) is 9.46 Å². The minimum atomic E-state index is -3.66. The molecule has 0 bridgehead atoms. The second kappa shape index (κ2) is 3.57. The summed E-state index contributed by atoms with van der Waals surface area (Å²) in [5.74, 6) is 0. The van der Waals surface area contributed by atoms with Crippen molar-refractivity contribution in [2.24, 2.45) is 0 Å². The summed E-state index contributed by atoms with van der Waals surface area (Å²) in [5, 5.41) is 0.268. The normalized spacial score (nSPS) is 14.8. The third-order valence-electron chi connectivity index (χ3n) is 1.30. The quantitative estimate of drug-likeness (QED) is 0.574. The standard InChI is InChI=1S/C8H9O3P/c1-2-11-12(9,10)8-6-4-3-5-7-8/h2-7H,1H2,(H,9,10). The number of hydrogen-bond donors (Lipinski definition) is 1. The lowest BCUT2D eigenvalue weighted by atomic mass is 10.4. The van der Waals surface area contributed by atoms with Gasteiger partial charge < -0.3 is 9.42 Å². The van der Waals surface area contributed by atoms with E-state index in [0.717, 1.165) is 6.26 Å². The number of rotatable bonds is 3. The molecule has 0 spiro atoms. The van der Waals surface area contributed by atoms with Crippen molar-refractivity contribution in [3.63, 3.8) is 0 Å². The topological polar surface area (TPSA) is 46.5 Å². The first-order valence-corrected chi connectivity index (χ1v) is 4.92. The van der Waals surface area contributed by atoms with Crippen LogP contribution in [-0.4, -0.2) is 4.89 Å². The molecule has 4 heteroatoms. The molecule has 1 N–H and O–H groups in total. The van der Waals surface area contributed by atoms with Crippen molar-refractivity contribution in [2.75, 3.05) is 0 Å². The Kier molecular flexibility index (Phi) is 2.69. The SMILES string of the molecule is C=COP(=O)(O)c1ccccc1. The predicted octanol–water partition coefficient (Wildman–Crippen LogP) is 1.66. The summed E-state index contributed by atoms with van der Waals surface area (Å²) in [6.45, 7) is 3.22. The smallest absolute Gasteiger partial charge is 0.407 e. The predicted molar refractivity (Wildman–Crippen MR) is 47.2 cm³/mol. The molecule has 3 nitrogen and oxygen atoms in total. The lowest BCUT2D eigenvalue weighted by molar-refractivity contribution is 0.362. The molecule has 0 saturated heterocycles. The van der Waals surface area contributed by atoms with Gasteiger partial charge in [-0.3, -0.25) is 0 Å². The molecule has 64 valence electrons. The summed E-state index contributed by atoms with van der Waals surface area (Å²) in [7, 11) is -3.66. The lowest BCUT2D eigenvalue weighted by Crippen LogP contribution is -2.03. The lowest BCUT2D eigenvalue weighted by Gasteiger charge is -2.08. The fourth-order valence-corrected chi connectivity index (χ4v) is 1.65. The van der Waals surface area contributed by atoms with Crippen LogP contribution in [0.4, 0.5) is 0 Å². The zero-order valence-corrected chi connectivity index (χ0v) is 7.28. The van der Waals surface area contributed by atoms with Gasteiger partial charge in [-0.15, -0.1) is 0 Å². The molecule has 1 rings (SSSR count). The molecule has 1 atom stereocenters. The van der Waals surface area contributed by atoms with E-state index in [4.69, 9.17) is 0 Å². The highest BCUT2D eigenvalue weighted by Crippen LogP contribution is 2.40. The molecule has 0 radical (unpaired) electrons. The highest BCUT2D eigenvalue weighted by atomic mass is 31.2. The Hall–Kier alpha value is -1.05. The zero-order valence-electron chi connectivity index (χ0n) is 6.38. The van der Waals surface area contributed by atoms with Gasteiger partial charge in [0.2, 0.25) is 0 Å². The summed E-state index contributed by atoms with van der Waals surface area (Å²) >= 11 is 0. The Morgan fingerprint density at radius 1 is 1.42 bits per heavy atom. The molecule has 0 aliphatic carbocycles. The maximum absolute atomic E-state index is 11.3. The molecule has 0 amide bonds. The van der Waals surface area contributed by atoms with Crippen LogP contribution in [0.1, 0.15) is 0 Å². The van der Waals surface area contributed by atoms with Gasteiger partial charge in [-0.25, -0.2) is 4.57 Å². The van der Waals surface area contributed by atoms with E-state index in [1.54, 1.807) is 18.2 Å². The third kappa shape index (κ3) is 1.97. The summed E-state index contributed by atoms with van der Waals surface area (Å²) in [6, 6.07) is 8.17. The molecule has 0 aromatic heterocycles. The molecule has 0 aliphatic rings. The van der Waals surface area contributed by atoms with E-state index in [1.807, 2.05) is 0 Å². The Labute approximate surface area is 70.8 Å². The second-order valence-corrected chi connectivity index (χ2v) is 3.90. The molecular weight excluding hydrogens is 175 g/mol. The highest BCUT2D eigenvalue weighted by molar-refractivity contribution is 7.61. The largest absolute Gasteiger partial charge is 0.430 e. The van der Waals surface area contributed by atoms with Gasteiger partial charge >= 0.3 is 7.60 Å². The fraction of sp³-hybridized carbons (Fsp3) is 0. The van der Waals surface area contributed by atoms with Crippen molar-refractivity contribution in [3.8, 4) is 0 Å². The van der Waals surface area contributed by atoms with Crippen LogP contribution in [0.15, 0.2) is 43.2 Å². The molecule has 12 heavy (non-hydrogen) atoms. The summed E-state index contributed by atoms with van der Waals surface area (Å²) in [4.78, 5) is 9.25. The van der Waals surface area contributed by atoms with Gasteiger partial charge in [0.05, 0.1) is 11.6 Å². The Bertz CT molecular complexity index is 307. The third-order valence-corrected chi connectivity index (χ3v) is 2.69. The second-order valence-electron chi connectivity index (χ2n) is 2.13. The van der Waals surface area contributed by atoms with Crippen LogP contribution < -0.4 is 5.30 Å². The first kappa shape index (κ1) is 9.04. The van der Waals surface area contributed by atoms with Gasteiger partial charge in [-0.2, -0.15) is 0 Å².